The summed E-state index contributed by atoms with van der Waals surface area (Å²) >= 11 is 0. The Morgan fingerprint density at radius 3 is 2.38 bits per heavy atom. The Hall–Kier alpha value is -0.790. The number of rotatable bonds is 2. The minimum atomic E-state index is 1.75. The third-order valence-electron chi connectivity index (χ3n) is 0.533. The van der Waals surface area contributed by atoms with Crippen LogP contribution in [0.4, 0.5) is 0 Å². The highest BCUT2D eigenvalue weighted by molar-refractivity contribution is 5.54. The fraction of sp³-hybridized carbons (Fsp3) is 0.500. The van der Waals surface area contributed by atoms with E-state index in [2.05, 4.69) is 4.99 Å². The molecule has 0 aliphatic rings. The molecule has 0 aromatic rings. The normalized spacial score (nSPS) is 11.4. The molecule has 0 fully saturated rings. The summed E-state index contributed by atoms with van der Waals surface area (Å²) < 4.78 is 0. The number of aliphatic imine (C=N–C) groups is 1. The number of hydrogen-bond donors (Lipinski definition) is 0. The maximum absolute atomic E-state index is 3.91. The van der Waals surface area contributed by atoms with Crippen molar-refractivity contribution in [3.63, 3.8) is 0 Å². The van der Waals surface area contributed by atoms with E-state index in [9.17, 15) is 0 Å². The Morgan fingerprint density at radius 1 is 1.38 bits per heavy atom. The van der Waals surface area contributed by atoms with Crippen molar-refractivity contribution in [2.24, 2.45) is 4.99 Å². The number of allylic oxidation sites excluding steroid dienone is 1. The van der Waals surface area contributed by atoms with Crippen LogP contribution in [0.1, 0.15) is 6.92 Å². The largest absolute Gasteiger partial charge is 0.369 e. The Bertz CT molecular complexity index is 92.7. The van der Waals surface area contributed by atoms with Crippen molar-refractivity contribution in [2.45, 2.75) is 6.92 Å². The van der Waals surface area contributed by atoms with Crippen LogP contribution in [0.5, 0.6) is 0 Å². The van der Waals surface area contributed by atoms with Crippen LogP contribution in [0.2, 0.25) is 0 Å². The summed E-state index contributed by atoms with van der Waals surface area (Å²) in [6.45, 7) is 1.94. The summed E-state index contributed by atoms with van der Waals surface area (Å²) in [5, 5.41) is 0. The van der Waals surface area contributed by atoms with Crippen molar-refractivity contribution in [3.8, 4) is 0 Å². The van der Waals surface area contributed by atoms with Crippen molar-refractivity contribution in [1.29, 1.82) is 0 Å². The van der Waals surface area contributed by atoms with Crippen LogP contribution < -0.4 is 0 Å². The van der Waals surface area contributed by atoms with Gasteiger partial charge in [0, 0.05) is 20.3 Å². The van der Waals surface area contributed by atoms with Crippen molar-refractivity contribution in [3.05, 3.63) is 12.3 Å². The van der Waals surface area contributed by atoms with Gasteiger partial charge in [0.2, 0.25) is 0 Å². The monoisotopic (exact) mass is 112 g/mol. The minimum absolute atomic E-state index is 1.75. The van der Waals surface area contributed by atoms with Gasteiger partial charge in [0.1, 0.15) is 0 Å². The molecule has 0 radical (unpaired) electrons. The predicted molar refractivity (Wildman–Crippen MR) is 37.0 cm³/mol. The summed E-state index contributed by atoms with van der Waals surface area (Å²) in [6.07, 6.45) is 5.39. The van der Waals surface area contributed by atoms with Gasteiger partial charge in [0.05, 0.1) is 6.34 Å². The predicted octanol–water partition coefficient (Wildman–Crippen LogP) is 1.11. The van der Waals surface area contributed by atoms with Gasteiger partial charge < -0.3 is 4.90 Å². The van der Waals surface area contributed by atoms with Gasteiger partial charge in [-0.25, -0.2) is 4.99 Å². The van der Waals surface area contributed by atoms with Gasteiger partial charge in [-0.15, -0.1) is 0 Å². The lowest BCUT2D eigenvalue weighted by atomic mass is 10.7. The van der Waals surface area contributed by atoms with Crippen LogP contribution in [0.25, 0.3) is 0 Å². The van der Waals surface area contributed by atoms with Gasteiger partial charge in [-0.3, -0.25) is 0 Å². The highest BCUT2D eigenvalue weighted by Gasteiger charge is 1.69. The second-order valence-corrected chi connectivity index (χ2v) is 1.71. The van der Waals surface area contributed by atoms with Crippen molar-refractivity contribution in [1.82, 2.24) is 4.90 Å². The van der Waals surface area contributed by atoms with Crippen LogP contribution in [-0.4, -0.2) is 25.3 Å². The Kier molecular flexibility index (Phi) is 3.94. The maximum Gasteiger partial charge on any atom is 0.0899 e. The molecule has 0 atom stereocenters. The zero-order valence-electron chi connectivity index (χ0n) is 5.63. The zero-order valence-corrected chi connectivity index (χ0v) is 5.63. The topological polar surface area (TPSA) is 15.6 Å². The van der Waals surface area contributed by atoms with E-state index in [1.54, 1.807) is 12.5 Å². The van der Waals surface area contributed by atoms with E-state index in [0.717, 1.165) is 0 Å². The van der Waals surface area contributed by atoms with Crippen molar-refractivity contribution < 1.29 is 0 Å². The van der Waals surface area contributed by atoms with Crippen LogP contribution in [0.15, 0.2) is 17.3 Å². The lowest BCUT2D eigenvalue weighted by Crippen LogP contribution is -2.06. The van der Waals surface area contributed by atoms with E-state index in [1.807, 2.05) is 32.0 Å². The number of nitrogens with zero attached hydrogens (tertiary/aromatic N) is 2. The molecule has 0 spiro atoms. The molecule has 0 aliphatic heterocycles. The molecule has 0 saturated heterocycles. The zero-order chi connectivity index (χ0) is 6.41. The minimum Gasteiger partial charge on any atom is -0.369 e. The Labute approximate surface area is 50.5 Å². The van der Waals surface area contributed by atoms with Crippen LogP contribution in [0.3, 0.4) is 0 Å². The smallest absolute Gasteiger partial charge is 0.0899 e. The molecular weight excluding hydrogens is 100 g/mol. The molecule has 0 unspecified atom stereocenters. The molecule has 2 heteroatoms. The molecule has 0 saturated carbocycles. The van der Waals surface area contributed by atoms with Crippen molar-refractivity contribution >= 4 is 6.34 Å². The van der Waals surface area contributed by atoms with Gasteiger partial charge in [0.15, 0.2) is 0 Å². The molecule has 0 aliphatic carbocycles. The molecule has 0 amide bonds. The first kappa shape index (κ1) is 7.21. The Morgan fingerprint density at radius 2 is 2.00 bits per heavy atom. The third-order valence-corrected chi connectivity index (χ3v) is 0.533. The molecule has 2 nitrogen and oxygen atoms in total. The first-order valence-electron chi connectivity index (χ1n) is 2.58. The van der Waals surface area contributed by atoms with Crippen LogP contribution >= 0.6 is 0 Å². The highest BCUT2D eigenvalue weighted by Crippen LogP contribution is 1.71. The van der Waals surface area contributed by atoms with Crippen LogP contribution in [-0.2, 0) is 0 Å². The molecule has 0 rings (SSSR count). The molecule has 0 aromatic carbocycles. The summed E-state index contributed by atoms with van der Waals surface area (Å²) in [4.78, 5) is 5.80. The van der Waals surface area contributed by atoms with Crippen molar-refractivity contribution in [2.75, 3.05) is 14.1 Å². The molecular formula is C6H12N2. The van der Waals surface area contributed by atoms with E-state index in [1.165, 1.54) is 0 Å². The second-order valence-electron chi connectivity index (χ2n) is 1.71. The first-order valence-corrected chi connectivity index (χ1v) is 2.58. The summed E-state index contributed by atoms with van der Waals surface area (Å²) in [7, 11) is 3.88. The van der Waals surface area contributed by atoms with E-state index in [0.29, 0.717) is 0 Å². The van der Waals surface area contributed by atoms with E-state index >= 15 is 0 Å². The summed E-state index contributed by atoms with van der Waals surface area (Å²) in [5.41, 5.74) is 0. The third kappa shape index (κ3) is 5.21. The standard InChI is InChI=1S/C6H12N2/c1-4-5-7-6-8(2)3/h4-6H,1-3H3. The van der Waals surface area contributed by atoms with Gasteiger partial charge in [-0.1, -0.05) is 6.08 Å². The van der Waals surface area contributed by atoms with Gasteiger partial charge in [-0.05, 0) is 6.92 Å². The molecule has 0 aromatic heterocycles. The summed E-state index contributed by atoms with van der Waals surface area (Å²) in [6, 6.07) is 0. The lowest BCUT2D eigenvalue weighted by molar-refractivity contribution is 0.643. The average molecular weight is 112 g/mol. The summed E-state index contributed by atoms with van der Waals surface area (Å²) in [5.74, 6) is 0. The number of hydrogen-bond acceptors (Lipinski definition) is 1. The molecule has 8 heavy (non-hydrogen) atoms. The fourth-order valence-electron chi connectivity index (χ4n) is 0.258. The first-order chi connectivity index (χ1) is 3.77. The maximum atomic E-state index is 3.91. The molecule has 0 N–H and O–H groups in total. The van der Waals surface area contributed by atoms with E-state index in [-0.39, 0.29) is 0 Å². The molecule has 0 heterocycles. The van der Waals surface area contributed by atoms with E-state index in [4.69, 9.17) is 0 Å². The average Bonchev–Trinajstić information content (AvgIpc) is 1.66. The van der Waals surface area contributed by atoms with Gasteiger partial charge in [0.25, 0.3) is 0 Å². The highest BCUT2D eigenvalue weighted by atomic mass is 15.1. The fourth-order valence-corrected chi connectivity index (χ4v) is 0.258. The lowest BCUT2D eigenvalue weighted by Gasteiger charge is -1.98. The Balaban J connectivity index is 3.34. The molecule has 46 valence electrons. The van der Waals surface area contributed by atoms with Gasteiger partial charge >= 0.3 is 0 Å². The SMILES string of the molecule is CC=CN=CN(C)C. The van der Waals surface area contributed by atoms with E-state index < -0.39 is 0 Å². The van der Waals surface area contributed by atoms with Gasteiger partial charge in [-0.2, -0.15) is 0 Å². The second kappa shape index (κ2) is 4.37. The quantitative estimate of drug-likeness (QED) is 0.386. The van der Waals surface area contributed by atoms with Crippen LogP contribution in [0, 0.1) is 0 Å². The molecule has 0 bridgehead atoms.